The topological polar surface area (TPSA) is 63.3 Å². The highest BCUT2D eigenvalue weighted by Gasteiger charge is 2.25. The standard InChI is InChI=1S/C13H9NO2/c14-11-12(15)8-5-1-3-7-4-2-6-9(10(7)8)13(11)16/h1-6,15H,14H2. The Hall–Kier alpha value is -2.29. The second-order valence-corrected chi connectivity index (χ2v) is 3.80. The van der Waals surface area contributed by atoms with Crippen LogP contribution in [0, 0.1) is 0 Å². The van der Waals surface area contributed by atoms with Gasteiger partial charge in [-0.2, -0.15) is 0 Å². The van der Waals surface area contributed by atoms with E-state index in [0.29, 0.717) is 11.1 Å². The molecule has 3 N–H and O–H groups in total. The van der Waals surface area contributed by atoms with E-state index < -0.39 is 0 Å². The van der Waals surface area contributed by atoms with Crippen LogP contribution in [0.1, 0.15) is 15.9 Å². The Kier molecular flexibility index (Phi) is 1.60. The summed E-state index contributed by atoms with van der Waals surface area (Å²) in [5.41, 5.74) is 6.70. The molecule has 2 aromatic carbocycles. The van der Waals surface area contributed by atoms with Gasteiger partial charge >= 0.3 is 0 Å². The maximum Gasteiger partial charge on any atom is 0.213 e. The Labute approximate surface area is 91.8 Å². The third-order valence-corrected chi connectivity index (χ3v) is 2.90. The number of hydrogen-bond acceptors (Lipinski definition) is 3. The Morgan fingerprint density at radius 2 is 1.62 bits per heavy atom. The molecular formula is C13H9NO2. The molecule has 3 nitrogen and oxygen atoms in total. The Morgan fingerprint density at radius 1 is 1.00 bits per heavy atom. The first-order valence-corrected chi connectivity index (χ1v) is 4.95. The maximum atomic E-state index is 11.9. The number of hydrogen-bond donors (Lipinski definition) is 2. The van der Waals surface area contributed by atoms with Crippen LogP contribution >= 0.6 is 0 Å². The molecule has 0 fully saturated rings. The van der Waals surface area contributed by atoms with Crippen LogP contribution in [0.15, 0.2) is 42.1 Å². The average molecular weight is 211 g/mol. The van der Waals surface area contributed by atoms with E-state index in [1.165, 1.54) is 0 Å². The van der Waals surface area contributed by atoms with Crippen molar-refractivity contribution in [1.29, 1.82) is 0 Å². The van der Waals surface area contributed by atoms with E-state index in [1.807, 2.05) is 24.3 Å². The summed E-state index contributed by atoms with van der Waals surface area (Å²) < 4.78 is 0. The van der Waals surface area contributed by atoms with E-state index in [0.717, 1.165) is 10.8 Å². The Bertz CT molecular complexity index is 651. The number of carbonyl (C=O) groups is 1. The monoisotopic (exact) mass is 211 g/mol. The van der Waals surface area contributed by atoms with Crippen molar-refractivity contribution in [3.05, 3.63) is 53.2 Å². The highest BCUT2D eigenvalue weighted by Crippen LogP contribution is 2.33. The number of ketones is 1. The van der Waals surface area contributed by atoms with Gasteiger partial charge in [-0.15, -0.1) is 0 Å². The summed E-state index contributed by atoms with van der Waals surface area (Å²) in [6.45, 7) is 0. The largest absolute Gasteiger partial charge is 0.505 e. The zero-order valence-corrected chi connectivity index (χ0v) is 8.40. The van der Waals surface area contributed by atoms with E-state index in [9.17, 15) is 9.90 Å². The van der Waals surface area contributed by atoms with Crippen LogP contribution in [-0.2, 0) is 0 Å². The van der Waals surface area contributed by atoms with Crippen molar-refractivity contribution >= 4 is 22.3 Å². The molecule has 0 spiro atoms. The molecule has 0 unspecified atom stereocenters. The van der Waals surface area contributed by atoms with Crippen molar-refractivity contribution in [2.24, 2.45) is 5.73 Å². The fourth-order valence-corrected chi connectivity index (χ4v) is 2.13. The molecule has 0 aromatic heterocycles. The van der Waals surface area contributed by atoms with Crippen molar-refractivity contribution in [2.45, 2.75) is 0 Å². The summed E-state index contributed by atoms with van der Waals surface area (Å²) in [4.78, 5) is 11.9. The fraction of sp³-hybridized carbons (Fsp3) is 0. The molecule has 78 valence electrons. The number of aliphatic hydroxyl groups is 1. The van der Waals surface area contributed by atoms with Crippen LogP contribution in [0.5, 0.6) is 0 Å². The number of allylic oxidation sites excluding steroid dienone is 1. The van der Waals surface area contributed by atoms with Crippen molar-refractivity contribution in [1.82, 2.24) is 0 Å². The molecule has 0 atom stereocenters. The normalized spacial score (nSPS) is 14.6. The van der Waals surface area contributed by atoms with E-state index in [2.05, 4.69) is 0 Å². The van der Waals surface area contributed by atoms with Gasteiger partial charge in [0.05, 0.1) is 0 Å². The van der Waals surface area contributed by atoms with Gasteiger partial charge in [0.15, 0.2) is 0 Å². The Morgan fingerprint density at radius 3 is 2.31 bits per heavy atom. The lowest BCUT2D eigenvalue weighted by atomic mass is 9.90. The SMILES string of the molecule is NC1=C(O)c2cccc3cccc(c23)C1=O. The van der Waals surface area contributed by atoms with Crippen LogP contribution in [0.2, 0.25) is 0 Å². The predicted octanol–water partition coefficient (Wildman–Crippen LogP) is 2.22. The second kappa shape index (κ2) is 2.85. The van der Waals surface area contributed by atoms with Crippen LogP contribution in [0.4, 0.5) is 0 Å². The first-order chi connectivity index (χ1) is 7.70. The predicted molar refractivity (Wildman–Crippen MR) is 62.0 cm³/mol. The molecule has 0 heterocycles. The molecule has 3 rings (SSSR count). The van der Waals surface area contributed by atoms with Gasteiger partial charge in [-0.05, 0) is 5.39 Å². The lowest BCUT2D eigenvalue weighted by Gasteiger charge is -2.16. The van der Waals surface area contributed by atoms with Gasteiger partial charge in [0.1, 0.15) is 11.5 Å². The number of aliphatic hydroxyl groups excluding tert-OH is 1. The number of benzene rings is 2. The number of Topliss-reactive ketones (excluding diaryl/α,β-unsaturated/α-hetero) is 1. The lowest BCUT2D eigenvalue weighted by Crippen LogP contribution is -2.18. The third kappa shape index (κ3) is 0.945. The van der Waals surface area contributed by atoms with Gasteiger partial charge in [-0.25, -0.2) is 0 Å². The van der Waals surface area contributed by atoms with Crippen LogP contribution in [-0.4, -0.2) is 10.9 Å². The number of carbonyl (C=O) groups excluding carboxylic acids is 1. The molecule has 16 heavy (non-hydrogen) atoms. The summed E-state index contributed by atoms with van der Waals surface area (Å²) in [7, 11) is 0. The van der Waals surface area contributed by atoms with Gasteiger partial charge in [-0.3, -0.25) is 4.79 Å². The molecule has 3 heteroatoms. The molecule has 2 aromatic rings. The van der Waals surface area contributed by atoms with Crippen molar-refractivity contribution in [3.63, 3.8) is 0 Å². The minimum Gasteiger partial charge on any atom is -0.505 e. The Balaban J connectivity index is 2.57. The van der Waals surface area contributed by atoms with E-state index in [-0.39, 0.29) is 17.2 Å². The van der Waals surface area contributed by atoms with Crippen molar-refractivity contribution < 1.29 is 9.90 Å². The van der Waals surface area contributed by atoms with Crippen LogP contribution < -0.4 is 5.73 Å². The highest BCUT2D eigenvalue weighted by atomic mass is 16.3. The fourth-order valence-electron chi connectivity index (χ4n) is 2.13. The number of rotatable bonds is 0. The van der Waals surface area contributed by atoms with Crippen LogP contribution in [0.3, 0.4) is 0 Å². The van der Waals surface area contributed by atoms with Crippen molar-refractivity contribution in [2.75, 3.05) is 0 Å². The van der Waals surface area contributed by atoms with E-state index in [4.69, 9.17) is 5.73 Å². The van der Waals surface area contributed by atoms with Gasteiger partial charge in [0.25, 0.3) is 0 Å². The smallest absolute Gasteiger partial charge is 0.213 e. The molecule has 1 aliphatic carbocycles. The van der Waals surface area contributed by atoms with E-state index >= 15 is 0 Å². The minimum atomic E-state index is -0.304. The molecule has 1 aliphatic rings. The molecule has 0 radical (unpaired) electrons. The van der Waals surface area contributed by atoms with Crippen LogP contribution in [0.25, 0.3) is 16.5 Å². The summed E-state index contributed by atoms with van der Waals surface area (Å²) in [6.07, 6.45) is 0. The zero-order valence-electron chi connectivity index (χ0n) is 8.40. The van der Waals surface area contributed by atoms with Gasteiger partial charge in [0.2, 0.25) is 5.78 Å². The highest BCUT2D eigenvalue weighted by molar-refractivity contribution is 6.23. The molecule has 0 bridgehead atoms. The molecule has 0 saturated heterocycles. The summed E-state index contributed by atoms with van der Waals surface area (Å²) in [5, 5.41) is 11.6. The van der Waals surface area contributed by atoms with Crippen molar-refractivity contribution in [3.8, 4) is 0 Å². The number of nitrogens with two attached hydrogens (primary N) is 1. The average Bonchev–Trinajstić information content (AvgIpc) is 2.33. The minimum absolute atomic E-state index is 0.0776. The van der Waals surface area contributed by atoms with Gasteiger partial charge in [-0.1, -0.05) is 36.4 Å². The van der Waals surface area contributed by atoms with E-state index in [1.54, 1.807) is 12.1 Å². The molecule has 0 saturated carbocycles. The quantitative estimate of drug-likeness (QED) is 0.702. The second-order valence-electron chi connectivity index (χ2n) is 3.80. The van der Waals surface area contributed by atoms with Gasteiger partial charge < -0.3 is 10.8 Å². The zero-order chi connectivity index (χ0) is 11.3. The first kappa shape index (κ1) is 8.97. The summed E-state index contributed by atoms with van der Waals surface area (Å²) >= 11 is 0. The summed E-state index contributed by atoms with van der Waals surface area (Å²) in [5.74, 6) is -0.420. The lowest BCUT2D eigenvalue weighted by molar-refractivity contribution is 0.103. The molecular weight excluding hydrogens is 202 g/mol. The van der Waals surface area contributed by atoms with Gasteiger partial charge in [0, 0.05) is 16.5 Å². The molecule has 0 amide bonds. The third-order valence-electron chi connectivity index (χ3n) is 2.90. The maximum absolute atomic E-state index is 11.9. The first-order valence-electron chi connectivity index (χ1n) is 4.95. The summed E-state index contributed by atoms with van der Waals surface area (Å²) in [6, 6.07) is 11.0. The molecule has 0 aliphatic heterocycles.